The highest BCUT2D eigenvalue weighted by Crippen LogP contribution is 2.00. The average Bonchev–Trinajstić information content (AvgIpc) is 2.46. The Bertz CT molecular complexity index is 367. The molecule has 1 aromatic rings. The molecule has 1 amide bonds. The largest absolute Gasteiger partial charge is 0.381 e. The lowest BCUT2D eigenvalue weighted by atomic mass is 10.3. The van der Waals surface area contributed by atoms with E-state index in [2.05, 4.69) is 27.8 Å². The summed E-state index contributed by atoms with van der Waals surface area (Å²) >= 11 is 0. The van der Waals surface area contributed by atoms with Gasteiger partial charge in [0, 0.05) is 26.8 Å². The zero-order valence-corrected chi connectivity index (χ0v) is 11.6. The Morgan fingerprint density at radius 1 is 1.26 bits per heavy atom. The molecule has 0 spiro atoms. The molecule has 0 aliphatic carbocycles. The number of carbonyl (C=O) groups is 1. The summed E-state index contributed by atoms with van der Waals surface area (Å²) in [4.78, 5) is 11.7. The summed E-state index contributed by atoms with van der Waals surface area (Å²) < 4.78 is 5.40. The lowest BCUT2D eigenvalue weighted by Crippen LogP contribution is -2.26. The maximum absolute atomic E-state index is 11.7. The molecule has 0 unspecified atom stereocenters. The van der Waals surface area contributed by atoms with Crippen LogP contribution < -0.4 is 10.6 Å². The molecule has 1 aromatic heterocycles. The Labute approximate surface area is 113 Å². The number of aromatic nitrogens is 2. The van der Waals surface area contributed by atoms with Crippen LogP contribution in [0.4, 0.5) is 5.82 Å². The van der Waals surface area contributed by atoms with E-state index in [1.165, 1.54) is 0 Å². The van der Waals surface area contributed by atoms with Crippen molar-refractivity contribution in [3.8, 4) is 0 Å². The van der Waals surface area contributed by atoms with E-state index in [1.807, 2.05) is 0 Å². The van der Waals surface area contributed by atoms with Crippen molar-refractivity contribution in [1.29, 1.82) is 0 Å². The second kappa shape index (κ2) is 9.27. The van der Waals surface area contributed by atoms with Crippen LogP contribution in [-0.2, 0) is 4.74 Å². The van der Waals surface area contributed by atoms with Gasteiger partial charge in [-0.1, -0.05) is 13.3 Å². The molecule has 0 radical (unpaired) electrons. The predicted molar refractivity (Wildman–Crippen MR) is 74.3 cm³/mol. The number of unbranched alkanes of at least 4 members (excludes halogenated alkanes) is 1. The van der Waals surface area contributed by atoms with Crippen LogP contribution in [0.2, 0.25) is 0 Å². The van der Waals surface area contributed by atoms with Gasteiger partial charge in [-0.15, -0.1) is 10.2 Å². The number of nitrogens with zero attached hydrogens (tertiary/aromatic N) is 2. The third-order valence-corrected chi connectivity index (χ3v) is 2.55. The number of hydrogen-bond acceptors (Lipinski definition) is 5. The SMILES string of the molecule is CCCCOCCCNC(=O)c1ccc(NC)nn1. The van der Waals surface area contributed by atoms with E-state index in [0.717, 1.165) is 25.9 Å². The summed E-state index contributed by atoms with van der Waals surface area (Å²) in [5, 5.41) is 13.3. The highest BCUT2D eigenvalue weighted by atomic mass is 16.5. The predicted octanol–water partition coefficient (Wildman–Crippen LogP) is 1.45. The Hall–Kier alpha value is -1.69. The van der Waals surface area contributed by atoms with Gasteiger partial charge in [-0.3, -0.25) is 4.79 Å². The zero-order valence-electron chi connectivity index (χ0n) is 11.6. The van der Waals surface area contributed by atoms with E-state index in [-0.39, 0.29) is 5.91 Å². The van der Waals surface area contributed by atoms with Crippen molar-refractivity contribution < 1.29 is 9.53 Å². The molecule has 0 saturated carbocycles. The van der Waals surface area contributed by atoms with Crippen molar-refractivity contribution in [3.05, 3.63) is 17.8 Å². The van der Waals surface area contributed by atoms with Gasteiger partial charge in [0.25, 0.3) is 5.91 Å². The fourth-order valence-electron chi connectivity index (χ4n) is 1.40. The number of rotatable bonds is 9. The average molecular weight is 266 g/mol. The number of amides is 1. The minimum Gasteiger partial charge on any atom is -0.381 e. The van der Waals surface area contributed by atoms with Gasteiger partial charge in [-0.05, 0) is 25.0 Å². The van der Waals surface area contributed by atoms with Crippen LogP contribution in [0.15, 0.2) is 12.1 Å². The van der Waals surface area contributed by atoms with Gasteiger partial charge in [0.1, 0.15) is 5.82 Å². The van der Waals surface area contributed by atoms with Gasteiger partial charge in [0.05, 0.1) is 0 Å². The topological polar surface area (TPSA) is 76.1 Å². The van der Waals surface area contributed by atoms with Gasteiger partial charge in [-0.2, -0.15) is 0 Å². The molecule has 2 N–H and O–H groups in total. The van der Waals surface area contributed by atoms with Crippen LogP contribution in [0, 0.1) is 0 Å². The molecule has 1 heterocycles. The highest BCUT2D eigenvalue weighted by Gasteiger charge is 2.06. The highest BCUT2D eigenvalue weighted by molar-refractivity contribution is 5.92. The molecule has 0 aliphatic rings. The van der Waals surface area contributed by atoms with Gasteiger partial charge >= 0.3 is 0 Å². The van der Waals surface area contributed by atoms with E-state index >= 15 is 0 Å². The fourth-order valence-corrected chi connectivity index (χ4v) is 1.40. The molecule has 6 nitrogen and oxygen atoms in total. The van der Waals surface area contributed by atoms with E-state index in [0.29, 0.717) is 24.7 Å². The summed E-state index contributed by atoms with van der Waals surface area (Å²) in [6.45, 7) is 4.18. The number of hydrogen-bond donors (Lipinski definition) is 2. The van der Waals surface area contributed by atoms with Crippen LogP contribution in [0.25, 0.3) is 0 Å². The Balaban J connectivity index is 2.16. The number of anilines is 1. The minimum atomic E-state index is -0.205. The van der Waals surface area contributed by atoms with Crippen LogP contribution >= 0.6 is 0 Å². The molecule has 0 bridgehead atoms. The standard InChI is InChI=1S/C13H22N4O2/c1-3-4-9-19-10-5-8-15-13(18)11-6-7-12(14-2)17-16-11/h6-7H,3-5,8-10H2,1-2H3,(H,14,17)(H,15,18). The normalized spacial score (nSPS) is 10.2. The van der Waals surface area contributed by atoms with Crippen molar-refractivity contribution in [3.63, 3.8) is 0 Å². The second-order valence-corrected chi connectivity index (χ2v) is 4.13. The molecule has 1 rings (SSSR count). The summed E-state index contributed by atoms with van der Waals surface area (Å²) in [5.74, 6) is 0.435. The van der Waals surface area contributed by atoms with Crippen molar-refractivity contribution in [2.45, 2.75) is 26.2 Å². The number of ether oxygens (including phenoxy) is 1. The fraction of sp³-hybridized carbons (Fsp3) is 0.615. The molecular weight excluding hydrogens is 244 g/mol. The maximum atomic E-state index is 11.7. The molecule has 0 atom stereocenters. The van der Waals surface area contributed by atoms with Gasteiger partial charge in [-0.25, -0.2) is 0 Å². The Morgan fingerprint density at radius 2 is 2.05 bits per heavy atom. The first-order valence-electron chi connectivity index (χ1n) is 6.65. The van der Waals surface area contributed by atoms with E-state index < -0.39 is 0 Å². The summed E-state index contributed by atoms with van der Waals surface area (Å²) in [6.07, 6.45) is 3.02. The first-order chi connectivity index (χ1) is 9.27. The first-order valence-corrected chi connectivity index (χ1v) is 6.65. The molecule has 106 valence electrons. The molecule has 0 aromatic carbocycles. The van der Waals surface area contributed by atoms with Crippen LogP contribution in [0.5, 0.6) is 0 Å². The number of carbonyl (C=O) groups excluding carboxylic acids is 1. The van der Waals surface area contributed by atoms with Crippen LogP contribution in [0.1, 0.15) is 36.7 Å². The van der Waals surface area contributed by atoms with Crippen LogP contribution in [0.3, 0.4) is 0 Å². The first kappa shape index (κ1) is 15.4. The van der Waals surface area contributed by atoms with Crippen LogP contribution in [-0.4, -0.2) is 42.9 Å². The van der Waals surface area contributed by atoms with E-state index in [1.54, 1.807) is 19.2 Å². The maximum Gasteiger partial charge on any atom is 0.271 e. The number of nitrogens with one attached hydrogen (secondary N) is 2. The molecule has 6 heteroatoms. The monoisotopic (exact) mass is 266 g/mol. The second-order valence-electron chi connectivity index (χ2n) is 4.13. The smallest absolute Gasteiger partial charge is 0.271 e. The quantitative estimate of drug-likeness (QED) is 0.662. The van der Waals surface area contributed by atoms with Crippen molar-refractivity contribution in [2.24, 2.45) is 0 Å². The van der Waals surface area contributed by atoms with Crippen molar-refractivity contribution in [1.82, 2.24) is 15.5 Å². The molecular formula is C13H22N4O2. The molecule has 19 heavy (non-hydrogen) atoms. The van der Waals surface area contributed by atoms with E-state index in [9.17, 15) is 4.79 Å². The molecule has 0 aliphatic heterocycles. The Morgan fingerprint density at radius 3 is 2.68 bits per heavy atom. The molecule has 0 saturated heterocycles. The molecule has 0 fully saturated rings. The third-order valence-electron chi connectivity index (χ3n) is 2.55. The van der Waals surface area contributed by atoms with Crippen molar-refractivity contribution >= 4 is 11.7 Å². The Kier molecular flexibility index (Phi) is 7.50. The van der Waals surface area contributed by atoms with Gasteiger partial charge in [0.15, 0.2) is 5.69 Å². The summed E-state index contributed by atoms with van der Waals surface area (Å²) in [7, 11) is 1.75. The summed E-state index contributed by atoms with van der Waals surface area (Å²) in [6, 6.07) is 3.36. The van der Waals surface area contributed by atoms with E-state index in [4.69, 9.17) is 4.74 Å². The summed E-state index contributed by atoms with van der Waals surface area (Å²) in [5.41, 5.74) is 0.325. The van der Waals surface area contributed by atoms with Crippen molar-refractivity contribution in [2.75, 3.05) is 32.1 Å². The van der Waals surface area contributed by atoms with Gasteiger partial charge in [0.2, 0.25) is 0 Å². The lowest BCUT2D eigenvalue weighted by molar-refractivity contribution is 0.0934. The minimum absolute atomic E-state index is 0.205. The third kappa shape index (κ3) is 6.15. The zero-order chi connectivity index (χ0) is 13.9. The lowest BCUT2D eigenvalue weighted by Gasteiger charge is -2.05. The van der Waals surface area contributed by atoms with Gasteiger partial charge < -0.3 is 15.4 Å².